The van der Waals surface area contributed by atoms with Crippen molar-refractivity contribution in [3.63, 3.8) is 0 Å². The van der Waals surface area contributed by atoms with Crippen LogP contribution in [0.2, 0.25) is 0 Å². The van der Waals surface area contributed by atoms with Gasteiger partial charge in [0, 0.05) is 21.0 Å². The number of ketones is 1. The van der Waals surface area contributed by atoms with E-state index >= 15 is 0 Å². The smallest absolute Gasteiger partial charge is 0.196 e. The number of benzene rings is 4. The third-order valence-corrected chi connectivity index (χ3v) is 6.62. The fourth-order valence-electron chi connectivity index (χ4n) is 4.24. The minimum absolute atomic E-state index is 0.0481. The molecule has 166 valence electrons. The highest BCUT2D eigenvalue weighted by Gasteiger charge is 2.24. The second kappa shape index (κ2) is 9.62. The molecule has 0 aliphatic carbocycles. The number of nitrogens with zero attached hydrogens (tertiary/aromatic N) is 1. The Hall–Kier alpha value is -3.76. The molecule has 34 heavy (non-hydrogen) atoms. The van der Waals surface area contributed by atoms with Crippen LogP contribution in [-0.2, 0) is 6.42 Å². The van der Waals surface area contributed by atoms with Crippen LogP contribution in [-0.4, -0.2) is 17.9 Å². The Morgan fingerprint density at radius 1 is 0.824 bits per heavy atom. The fourth-order valence-corrected chi connectivity index (χ4v) is 4.71. The summed E-state index contributed by atoms with van der Waals surface area (Å²) in [7, 11) is 1.66. The molecule has 0 aliphatic heterocycles. The Balaban J connectivity index is 1.80. The molecule has 1 heterocycles. The Kier molecular flexibility index (Phi) is 6.24. The van der Waals surface area contributed by atoms with Crippen molar-refractivity contribution >= 4 is 32.6 Å². The summed E-state index contributed by atoms with van der Waals surface area (Å²) in [5, 5.41) is 0.980. The Labute approximate surface area is 207 Å². The molecule has 0 unspecified atom stereocenters. The van der Waals surface area contributed by atoms with Crippen molar-refractivity contribution in [1.29, 1.82) is 0 Å². The summed E-state index contributed by atoms with van der Waals surface area (Å²) in [6, 6.07) is 33.5. The number of aromatic nitrogens is 1. The first-order valence-electron chi connectivity index (χ1n) is 11.0. The van der Waals surface area contributed by atoms with Crippen molar-refractivity contribution < 1.29 is 9.53 Å². The molecule has 0 amide bonds. The summed E-state index contributed by atoms with van der Waals surface area (Å²) in [5.74, 6) is 0.755. The number of hydrogen-bond acceptors (Lipinski definition) is 3. The second-order valence-corrected chi connectivity index (χ2v) is 8.89. The summed E-state index contributed by atoms with van der Waals surface area (Å²) < 4.78 is 6.10. The van der Waals surface area contributed by atoms with Gasteiger partial charge in [-0.05, 0) is 47.9 Å². The quantitative estimate of drug-likeness (QED) is 0.223. The van der Waals surface area contributed by atoms with Gasteiger partial charge >= 0.3 is 0 Å². The van der Waals surface area contributed by atoms with E-state index in [9.17, 15) is 4.79 Å². The minimum atomic E-state index is -0.0481. The maximum atomic E-state index is 14.1. The molecule has 0 fully saturated rings. The average molecular weight is 508 g/mol. The predicted octanol–water partition coefficient (Wildman–Crippen LogP) is 7.49. The zero-order valence-corrected chi connectivity index (χ0v) is 20.2. The van der Waals surface area contributed by atoms with E-state index in [0.717, 1.165) is 37.8 Å². The van der Waals surface area contributed by atoms with Gasteiger partial charge in [-0.3, -0.25) is 4.79 Å². The van der Waals surface area contributed by atoms with E-state index in [1.54, 1.807) is 7.11 Å². The molecule has 0 bridgehead atoms. The van der Waals surface area contributed by atoms with Gasteiger partial charge in [0.2, 0.25) is 0 Å². The van der Waals surface area contributed by atoms with Crippen LogP contribution in [0.3, 0.4) is 0 Å². The number of carbonyl (C=O) groups excluding carboxylic acids is 1. The third-order valence-electron chi connectivity index (χ3n) is 5.93. The molecule has 0 atom stereocenters. The van der Waals surface area contributed by atoms with E-state index in [1.807, 2.05) is 103 Å². The number of fused-ring (bicyclic) bond motifs is 1. The summed E-state index contributed by atoms with van der Waals surface area (Å²) in [6.07, 6.45) is 0.596. The first kappa shape index (κ1) is 22.1. The molecular formula is C30H22BrNO2. The van der Waals surface area contributed by atoms with Crippen molar-refractivity contribution in [2.24, 2.45) is 0 Å². The van der Waals surface area contributed by atoms with Crippen LogP contribution < -0.4 is 4.74 Å². The lowest BCUT2D eigenvalue weighted by Crippen LogP contribution is -2.11. The number of rotatable bonds is 6. The highest BCUT2D eigenvalue weighted by molar-refractivity contribution is 9.10. The molecule has 0 saturated carbocycles. The molecule has 0 saturated heterocycles. The Bertz CT molecular complexity index is 1480. The van der Waals surface area contributed by atoms with Gasteiger partial charge in [0.05, 0.1) is 23.9 Å². The largest absolute Gasteiger partial charge is 0.497 e. The van der Waals surface area contributed by atoms with Gasteiger partial charge in [-0.1, -0.05) is 88.7 Å². The van der Waals surface area contributed by atoms with Crippen LogP contribution in [0.5, 0.6) is 5.75 Å². The molecular weight excluding hydrogens is 486 g/mol. The van der Waals surface area contributed by atoms with Gasteiger partial charge in [-0.25, -0.2) is 4.98 Å². The summed E-state index contributed by atoms with van der Waals surface area (Å²) >= 11 is 3.58. The summed E-state index contributed by atoms with van der Waals surface area (Å²) in [5.41, 5.74) is 5.80. The van der Waals surface area contributed by atoms with Crippen LogP contribution >= 0.6 is 15.9 Å². The van der Waals surface area contributed by atoms with Crippen LogP contribution in [0.1, 0.15) is 27.0 Å². The van der Waals surface area contributed by atoms with E-state index < -0.39 is 0 Å². The molecule has 1 aromatic heterocycles. The number of pyridine rings is 1. The first-order chi connectivity index (χ1) is 16.7. The lowest BCUT2D eigenvalue weighted by molar-refractivity contribution is 0.103. The lowest BCUT2D eigenvalue weighted by atomic mass is 9.88. The number of hydrogen-bond donors (Lipinski definition) is 0. The summed E-state index contributed by atoms with van der Waals surface area (Å²) in [6.45, 7) is 0. The lowest BCUT2D eigenvalue weighted by Gasteiger charge is -2.18. The van der Waals surface area contributed by atoms with Crippen molar-refractivity contribution in [1.82, 2.24) is 4.98 Å². The maximum Gasteiger partial charge on any atom is 0.196 e. The highest BCUT2D eigenvalue weighted by Crippen LogP contribution is 2.34. The molecule has 0 radical (unpaired) electrons. The van der Waals surface area contributed by atoms with Crippen LogP contribution in [0, 0.1) is 0 Å². The second-order valence-electron chi connectivity index (χ2n) is 8.03. The van der Waals surface area contributed by atoms with Gasteiger partial charge in [0.15, 0.2) is 5.78 Å². The van der Waals surface area contributed by atoms with Gasteiger partial charge < -0.3 is 4.74 Å². The topological polar surface area (TPSA) is 39.2 Å². The van der Waals surface area contributed by atoms with Crippen LogP contribution in [0.15, 0.2) is 108 Å². The fraction of sp³-hybridized carbons (Fsp3) is 0.0667. The number of ether oxygens (including phenoxy) is 1. The van der Waals surface area contributed by atoms with Crippen molar-refractivity contribution in [2.75, 3.05) is 7.11 Å². The molecule has 0 aliphatic rings. The minimum Gasteiger partial charge on any atom is -0.497 e. The molecule has 5 rings (SSSR count). The first-order valence-corrected chi connectivity index (χ1v) is 11.8. The Morgan fingerprint density at radius 2 is 1.50 bits per heavy atom. The molecule has 5 aromatic rings. The van der Waals surface area contributed by atoms with Crippen LogP contribution in [0.4, 0.5) is 0 Å². The monoisotopic (exact) mass is 507 g/mol. The zero-order chi connectivity index (χ0) is 23.5. The number of carbonyl (C=O) groups is 1. The maximum absolute atomic E-state index is 14.1. The van der Waals surface area contributed by atoms with Gasteiger partial charge in [-0.15, -0.1) is 0 Å². The summed E-state index contributed by atoms with van der Waals surface area (Å²) in [4.78, 5) is 19.1. The van der Waals surface area contributed by atoms with Gasteiger partial charge in [0.1, 0.15) is 5.75 Å². The van der Waals surface area contributed by atoms with E-state index in [0.29, 0.717) is 23.2 Å². The number of methoxy groups -OCH3 is 1. The van der Waals surface area contributed by atoms with Crippen LogP contribution in [0.25, 0.3) is 22.2 Å². The molecule has 0 spiro atoms. The molecule has 0 N–H and O–H groups in total. The van der Waals surface area contributed by atoms with E-state index in [1.165, 1.54) is 0 Å². The number of halogens is 1. The normalized spacial score (nSPS) is 10.9. The third kappa shape index (κ3) is 4.25. The standard InChI is InChI=1S/C30H22BrNO2/c1-34-22-17-15-20(16-18-22)19-25-23-11-6-8-14-27(23)32-29(21-9-3-2-4-10-21)28(25)30(33)24-12-5-7-13-26(24)31/h2-18H,19H2,1H3. The zero-order valence-electron chi connectivity index (χ0n) is 18.7. The number of para-hydroxylation sites is 1. The van der Waals surface area contributed by atoms with E-state index in [2.05, 4.69) is 15.9 Å². The average Bonchev–Trinajstić information content (AvgIpc) is 2.89. The highest BCUT2D eigenvalue weighted by atomic mass is 79.9. The molecule has 4 heteroatoms. The van der Waals surface area contributed by atoms with Gasteiger partial charge in [0.25, 0.3) is 0 Å². The van der Waals surface area contributed by atoms with Crippen molar-refractivity contribution in [3.05, 3.63) is 130 Å². The van der Waals surface area contributed by atoms with Gasteiger partial charge in [-0.2, -0.15) is 0 Å². The van der Waals surface area contributed by atoms with Crippen molar-refractivity contribution in [2.45, 2.75) is 6.42 Å². The Morgan fingerprint density at radius 3 is 2.24 bits per heavy atom. The molecule has 3 nitrogen and oxygen atoms in total. The SMILES string of the molecule is COc1ccc(Cc2c(C(=O)c3ccccc3Br)c(-c3ccccc3)nc3ccccc23)cc1. The molecule has 4 aromatic carbocycles. The van der Waals surface area contributed by atoms with E-state index in [4.69, 9.17) is 9.72 Å². The van der Waals surface area contributed by atoms with Crippen molar-refractivity contribution in [3.8, 4) is 17.0 Å². The predicted molar refractivity (Wildman–Crippen MR) is 141 cm³/mol. The van der Waals surface area contributed by atoms with E-state index in [-0.39, 0.29) is 5.78 Å².